The molecule has 2 nitrogen and oxygen atoms in total. The normalized spacial score (nSPS) is 9.40. The van der Waals surface area contributed by atoms with Gasteiger partial charge in [-0.05, 0) is 34.4 Å². The van der Waals surface area contributed by atoms with Crippen LogP contribution in [0.4, 0.5) is 0 Å². The first-order valence-electron chi connectivity index (χ1n) is 3.20. The quantitative estimate of drug-likeness (QED) is 0.386. The molecule has 0 saturated heterocycles. The molecule has 0 aromatic rings. The van der Waals surface area contributed by atoms with E-state index in [4.69, 9.17) is 10.8 Å². The fraction of sp³-hybridized carbons (Fsp3) is 0.667. The van der Waals surface area contributed by atoms with Crippen LogP contribution in [0.15, 0.2) is 0 Å². The largest absolute Gasteiger partial charge is 0.298 e. The van der Waals surface area contributed by atoms with Gasteiger partial charge in [0.1, 0.15) is 0 Å². The van der Waals surface area contributed by atoms with Crippen LogP contribution in [0.1, 0.15) is 26.7 Å². The average Bonchev–Trinajstić information content (AvgIpc) is 1.99. The summed E-state index contributed by atoms with van der Waals surface area (Å²) < 4.78 is 0. The van der Waals surface area contributed by atoms with Gasteiger partial charge in [-0.1, -0.05) is 13.8 Å². The lowest BCUT2D eigenvalue weighted by Gasteiger charge is -1.98. The van der Waals surface area contributed by atoms with Crippen molar-refractivity contribution in [3.05, 3.63) is 0 Å². The molecule has 0 saturated carbocycles. The van der Waals surface area contributed by atoms with Crippen molar-refractivity contribution < 1.29 is 0 Å². The van der Waals surface area contributed by atoms with E-state index >= 15 is 0 Å². The Labute approximate surface area is 69.6 Å². The maximum absolute atomic E-state index is 7.25. The van der Waals surface area contributed by atoms with Crippen molar-refractivity contribution >= 4 is 31.7 Å². The molecule has 0 aliphatic heterocycles. The van der Waals surface area contributed by atoms with Crippen molar-refractivity contribution in [3.8, 4) is 0 Å². The summed E-state index contributed by atoms with van der Waals surface area (Å²) in [4.78, 5) is 0. The van der Waals surface area contributed by atoms with E-state index in [-0.39, 0.29) is 0 Å². The molecule has 10 heavy (non-hydrogen) atoms. The Balaban J connectivity index is 3.35. The van der Waals surface area contributed by atoms with E-state index in [1.54, 1.807) is 0 Å². The summed E-state index contributed by atoms with van der Waals surface area (Å²) in [7, 11) is 2.77. The van der Waals surface area contributed by atoms with Crippen molar-refractivity contribution in [2.24, 2.45) is 0 Å². The molecule has 0 aromatic heterocycles. The maximum atomic E-state index is 7.25. The second-order valence-corrected chi connectivity index (χ2v) is 4.04. The molecule has 0 rings (SSSR count). The van der Waals surface area contributed by atoms with E-state index in [0.717, 1.165) is 12.8 Å². The van der Waals surface area contributed by atoms with Gasteiger partial charge in [0.05, 0.1) is 10.1 Å². The van der Waals surface area contributed by atoms with Crippen molar-refractivity contribution in [2.75, 3.05) is 0 Å². The van der Waals surface area contributed by atoms with Crippen molar-refractivity contribution in [1.82, 2.24) is 0 Å². The highest BCUT2D eigenvalue weighted by Gasteiger charge is 1.97. The van der Waals surface area contributed by atoms with Gasteiger partial charge in [-0.3, -0.25) is 10.8 Å². The molecule has 0 radical (unpaired) electrons. The zero-order valence-corrected chi connectivity index (χ0v) is 7.86. The molecule has 0 unspecified atom stereocenters. The molecular weight excluding hydrogens is 164 g/mol. The summed E-state index contributed by atoms with van der Waals surface area (Å²) in [5.41, 5.74) is 0. The first-order valence-corrected chi connectivity index (χ1v) is 5.35. The van der Waals surface area contributed by atoms with Gasteiger partial charge in [-0.2, -0.15) is 0 Å². The first kappa shape index (κ1) is 10.0. The molecule has 0 bridgehead atoms. The molecule has 4 heteroatoms. The summed E-state index contributed by atoms with van der Waals surface area (Å²) in [6, 6.07) is 0. The Hall–Kier alpha value is 0.0400. The van der Waals surface area contributed by atoms with Crippen LogP contribution in [0.5, 0.6) is 0 Å². The highest BCUT2D eigenvalue weighted by atomic mass is 33.1. The lowest BCUT2D eigenvalue weighted by molar-refractivity contribution is 1.28. The minimum Gasteiger partial charge on any atom is -0.298 e. The monoisotopic (exact) mass is 176 g/mol. The Bertz CT molecular complexity index is 118. The van der Waals surface area contributed by atoms with Crippen LogP contribution in [-0.4, -0.2) is 10.1 Å². The predicted octanol–water partition coefficient (Wildman–Crippen LogP) is 3.14. The highest BCUT2D eigenvalue weighted by molar-refractivity contribution is 8.87. The summed E-state index contributed by atoms with van der Waals surface area (Å²) in [6.45, 7) is 3.90. The number of hydrogen-bond acceptors (Lipinski definition) is 4. The molecule has 0 aliphatic carbocycles. The molecule has 0 fully saturated rings. The smallest absolute Gasteiger partial charge is 0.0748 e. The van der Waals surface area contributed by atoms with E-state index in [2.05, 4.69) is 0 Å². The molecule has 0 spiro atoms. The number of rotatable bonds is 2. The minimum absolute atomic E-state index is 0.642. The van der Waals surface area contributed by atoms with E-state index in [9.17, 15) is 0 Å². The van der Waals surface area contributed by atoms with Crippen molar-refractivity contribution in [1.29, 1.82) is 10.8 Å². The summed E-state index contributed by atoms with van der Waals surface area (Å²) in [5.74, 6) is 0. The first-order chi connectivity index (χ1) is 4.70. The van der Waals surface area contributed by atoms with Crippen LogP contribution in [0.25, 0.3) is 0 Å². The standard InChI is InChI=1S/C6H12N2S2/c1-3-5(7)9-10-6(8)4-2/h7-8H,3-4H2,1-2H3. The third-order valence-electron chi connectivity index (χ3n) is 0.885. The summed E-state index contributed by atoms with van der Waals surface area (Å²) >= 11 is 0. The fourth-order valence-corrected chi connectivity index (χ4v) is 1.97. The Morgan fingerprint density at radius 1 is 1.00 bits per heavy atom. The summed E-state index contributed by atoms with van der Waals surface area (Å²) in [6.07, 6.45) is 1.54. The van der Waals surface area contributed by atoms with Crippen LogP contribution in [0, 0.1) is 10.8 Å². The lowest BCUT2D eigenvalue weighted by atomic mass is 10.5. The topological polar surface area (TPSA) is 47.7 Å². The van der Waals surface area contributed by atoms with Crippen LogP contribution in [0.2, 0.25) is 0 Å². The van der Waals surface area contributed by atoms with Gasteiger partial charge >= 0.3 is 0 Å². The van der Waals surface area contributed by atoms with Gasteiger partial charge in [0.15, 0.2) is 0 Å². The molecular formula is C6H12N2S2. The van der Waals surface area contributed by atoms with Gasteiger partial charge < -0.3 is 0 Å². The van der Waals surface area contributed by atoms with Crippen LogP contribution in [0.3, 0.4) is 0 Å². The zero-order valence-electron chi connectivity index (χ0n) is 6.23. The molecule has 0 aromatic carbocycles. The Morgan fingerprint density at radius 2 is 1.30 bits per heavy atom. The number of nitrogens with one attached hydrogen (secondary N) is 2. The third-order valence-corrected chi connectivity index (χ3v) is 3.41. The fourth-order valence-electron chi connectivity index (χ4n) is 0.218. The van der Waals surface area contributed by atoms with E-state index in [1.807, 2.05) is 13.8 Å². The second kappa shape index (κ2) is 5.80. The van der Waals surface area contributed by atoms with Crippen LogP contribution in [-0.2, 0) is 0 Å². The molecule has 58 valence electrons. The second-order valence-electron chi connectivity index (χ2n) is 1.72. The van der Waals surface area contributed by atoms with E-state index < -0.39 is 0 Å². The predicted molar refractivity (Wildman–Crippen MR) is 51.2 cm³/mol. The van der Waals surface area contributed by atoms with Crippen molar-refractivity contribution in [2.45, 2.75) is 26.7 Å². The lowest BCUT2D eigenvalue weighted by Crippen LogP contribution is -1.86. The molecule has 0 heterocycles. The molecule has 0 aliphatic rings. The Kier molecular flexibility index (Phi) is 5.82. The molecule has 0 amide bonds. The van der Waals surface area contributed by atoms with Gasteiger partial charge in [-0.25, -0.2) is 0 Å². The third kappa shape index (κ3) is 4.88. The van der Waals surface area contributed by atoms with Gasteiger partial charge in [0.2, 0.25) is 0 Å². The summed E-state index contributed by atoms with van der Waals surface area (Å²) in [5, 5.41) is 15.8. The maximum Gasteiger partial charge on any atom is 0.0748 e. The Morgan fingerprint density at radius 3 is 1.50 bits per heavy atom. The zero-order chi connectivity index (χ0) is 7.98. The van der Waals surface area contributed by atoms with Gasteiger partial charge in [-0.15, -0.1) is 0 Å². The van der Waals surface area contributed by atoms with Gasteiger partial charge in [0.25, 0.3) is 0 Å². The molecule has 2 N–H and O–H groups in total. The average molecular weight is 176 g/mol. The van der Waals surface area contributed by atoms with Crippen molar-refractivity contribution in [3.63, 3.8) is 0 Å². The molecule has 0 atom stereocenters. The van der Waals surface area contributed by atoms with Crippen LogP contribution < -0.4 is 0 Å². The SMILES string of the molecule is CCC(=N)SSC(=N)CC. The number of hydrogen-bond donors (Lipinski definition) is 2. The van der Waals surface area contributed by atoms with Gasteiger partial charge in [0, 0.05) is 0 Å². The van der Waals surface area contributed by atoms with Crippen LogP contribution >= 0.6 is 21.6 Å². The van der Waals surface area contributed by atoms with E-state index in [0.29, 0.717) is 10.1 Å². The highest BCUT2D eigenvalue weighted by Crippen LogP contribution is 2.25. The minimum atomic E-state index is 0.642. The van der Waals surface area contributed by atoms with E-state index in [1.165, 1.54) is 21.6 Å².